The molecule has 0 aliphatic carbocycles. The predicted molar refractivity (Wildman–Crippen MR) is 92.2 cm³/mol. The van der Waals surface area contributed by atoms with Crippen LogP contribution in [0, 0.1) is 10.1 Å². The maximum Gasteiger partial charge on any atom is 0.269 e. The summed E-state index contributed by atoms with van der Waals surface area (Å²) in [6, 6.07) is 5.25. The summed E-state index contributed by atoms with van der Waals surface area (Å²) in [5.41, 5.74) is 7.01. The first-order valence-electron chi connectivity index (χ1n) is 8.00. The molecule has 1 aromatic heterocycles. The molecule has 4 N–H and O–H groups in total. The molecule has 1 aliphatic rings. The third-order valence-electron chi connectivity index (χ3n) is 4.14. The zero-order valence-electron chi connectivity index (χ0n) is 14.0. The van der Waals surface area contributed by atoms with Gasteiger partial charge >= 0.3 is 0 Å². The van der Waals surface area contributed by atoms with Crippen LogP contribution < -0.4 is 11.1 Å². The van der Waals surface area contributed by atoms with Gasteiger partial charge in [-0.05, 0) is 31.0 Å². The number of aliphatic hydroxyl groups excluding tert-OH is 1. The molecule has 1 aliphatic heterocycles. The fourth-order valence-corrected chi connectivity index (χ4v) is 2.94. The van der Waals surface area contributed by atoms with E-state index in [1.807, 2.05) is 0 Å². The molecule has 0 bridgehead atoms. The number of benzene rings is 1. The van der Waals surface area contributed by atoms with Crippen molar-refractivity contribution in [2.45, 2.75) is 25.8 Å². The monoisotopic (exact) mass is 358 g/mol. The average molecular weight is 358 g/mol. The van der Waals surface area contributed by atoms with Crippen LogP contribution in [0.1, 0.15) is 30.8 Å². The first-order valence-corrected chi connectivity index (χ1v) is 8.00. The molecule has 26 heavy (non-hydrogen) atoms. The van der Waals surface area contributed by atoms with Crippen LogP contribution in [0.4, 0.5) is 11.6 Å². The van der Waals surface area contributed by atoms with E-state index in [0.717, 1.165) is 0 Å². The Balaban J connectivity index is 2.08. The van der Waals surface area contributed by atoms with Crippen LogP contribution in [-0.2, 0) is 11.2 Å². The first kappa shape index (κ1) is 17.5. The number of nitrogens with two attached hydrogens (primary N) is 1. The number of aryl methyl sites for hydroxylation is 1. The molecule has 0 fully saturated rings. The summed E-state index contributed by atoms with van der Waals surface area (Å²) < 4.78 is 1.54. The summed E-state index contributed by atoms with van der Waals surface area (Å²) in [7, 11) is 0. The number of allylic oxidation sites excluding steroid dienone is 1. The molecule has 0 saturated carbocycles. The van der Waals surface area contributed by atoms with E-state index in [1.54, 1.807) is 23.7 Å². The van der Waals surface area contributed by atoms with E-state index < -0.39 is 16.9 Å². The Kier molecular flexibility index (Phi) is 4.67. The van der Waals surface area contributed by atoms with Gasteiger partial charge in [-0.15, -0.1) is 0 Å². The minimum atomic E-state index is -0.639. The van der Waals surface area contributed by atoms with E-state index >= 15 is 0 Å². The second kappa shape index (κ2) is 6.92. The van der Waals surface area contributed by atoms with Crippen molar-refractivity contribution in [3.05, 3.63) is 57.0 Å². The summed E-state index contributed by atoms with van der Waals surface area (Å²) in [5, 5.41) is 27.3. The van der Waals surface area contributed by atoms with Gasteiger partial charge in [0.2, 0.25) is 11.9 Å². The molecule has 0 saturated heterocycles. The summed E-state index contributed by atoms with van der Waals surface area (Å²) in [4.78, 5) is 26.8. The average Bonchev–Trinajstić information content (AvgIpc) is 3.00. The number of amides is 1. The molecule has 3 rings (SSSR count). The fourth-order valence-electron chi connectivity index (χ4n) is 2.94. The largest absolute Gasteiger partial charge is 0.396 e. The third kappa shape index (κ3) is 3.14. The van der Waals surface area contributed by atoms with Crippen LogP contribution in [0.15, 0.2) is 35.5 Å². The molecule has 0 spiro atoms. The zero-order chi connectivity index (χ0) is 18.8. The molecule has 2 aromatic rings. The van der Waals surface area contributed by atoms with Gasteiger partial charge < -0.3 is 16.2 Å². The number of nitro groups is 1. The Bertz CT molecular complexity index is 887. The number of non-ortho nitro benzene ring substituents is 1. The number of fused-ring (bicyclic) bond motifs is 1. The highest BCUT2D eigenvalue weighted by Gasteiger charge is 2.33. The van der Waals surface area contributed by atoms with Gasteiger partial charge in [0.1, 0.15) is 6.04 Å². The first-order chi connectivity index (χ1) is 12.4. The van der Waals surface area contributed by atoms with Gasteiger partial charge in [0.25, 0.3) is 5.69 Å². The summed E-state index contributed by atoms with van der Waals surface area (Å²) in [6.45, 7) is 1.73. The Labute approximate surface area is 148 Å². The lowest BCUT2D eigenvalue weighted by Crippen LogP contribution is -2.31. The number of anilines is 1. The van der Waals surface area contributed by atoms with Crippen molar-refractivity contribution in [3.8, 4) is 0 Å². The fraction of sp³-hybridized carbons (Fsp3) is 0.312. The Morgan fingerprint density at radius 3 is 2.69 bits per heavy atom. The van der Waals surface area contributed by atoms with Crippen LogP contribution in [0.25, 0.3) is 0 Å². The van der Waals surface area contributed by atoms with Crippen LogP contribution >= 0.6 is 0 Å². The number of hydrogen-bond donors (Lipinski definition) is 3. The predicted octanol–water partition coefficient (Wildman–Crippen LogP) is 0.885. The highest BCUT2D eigenvalue weighted by molar-refractivity contribution is 5.95. The van der Waals surface area contributed by atoms with E-state index in [9.17, 15) is 14.9 Å². The van der Waals surface area contributed by atoms with E-state index in [-0.39, 0.29) is 12.3 Å². The quantitative estimate of drug-likeness (QED) is 0.512. The number of nitrogens with one attached hydrogen (secondary N) is 1. The van der Waals surface area contributed by atoms with Crippen LogP contribution in [0.2, 0.25) is 0 Å². The third-order valence-corrected chi connectivity index (χ3v) is 4.14. The highest BCUT2D eigenvalue weighted by atomic mass is 16.6. The Hall–Kier alpha value is -3.27. The maximum atomic E-state index is 12.0. The van der Waals surface area contributed by atoms with E-state index in [4.69, 9.17) is 10.8 Å². The number of aliphatic hydroxyl groups is 1. The van der Waals surface area contributed by atoms with Gasteiger partial charge in [-0.25, -0.2) is 4.68 Å². The second-order valence-electron chi connectivity index (χ2n) is 5.90. The lowest BCUT2D eigenvalue weighted by atomic mass is 9.95. The summed E-state index contributed by atoms with van der Waals surface area (Å²) in [5.74, 6) is 0.354. The minimum Gasteiger partial charge on any atom is -0.396 e. The highest BCUT2D eigenvalue weighted by Crippen LogP contribution is 2.35. The van der Waals surface area contributed by atoms with Gasteiger partial charge in [0.05, 0.1) is 10.5 Å². The topological polar surface area (TPSA) is 149 Å². The minimum absolute atomic E-state index is 0.0207. The van der Waals surface area contributed by atoms with Crippen LogP contribution in [0.3, 0.4) is 0 Å². The van der Waals surface area contributed by atoms with Crippen molar-refractivity contribution in [2.24, 2.45) is 5.73 Å². The molecular weight excluding hydrogens is 340 g/mol. The van der Waals surface area contributed by atoms with E-state index in [0.29, 0.717) is 41.4 Å². The number of rotatable bonds is 6. The van der Waals surface area contributed by atoms with Crippen molar-refractivity contribution >= 4 is 17.5 Å². The lowest BCUT2D eigenvalue weighted by Gasteiger charge is -2.27. The van der Waals surface area contributed by atoms with Crippen molar-refractivity contribution in [1.29, 1.82) is 0 Å². The van der Waals surface area contributed by atoms with Gasteiger partial charge in [-0.2, -0.15) is 10.1 Å². The molecule has 2 heterocycles. The maximum absolute atomic E-state index is 12.0. The second-order valence-corrected chi connectivity index (χ2v) is 5.90. The van der Waals surface area contributed by atoms with Gasteiger partial charge in [0, 0.05) is 30.9 Å². The van der Waals surface area contributed by atoms with E-state index in [2.05, 4.69) is 15.4 Å². The van der Waals surface area contributed by atoms with Crippen molar-refractivity contribution in [3.63, 3.8) is 0 Å². The molecule has 1 amide bonds. The SMILES string of the molecule is CC1=C(C(N)=O)[C@@H](c2ccc([N+](=O)[O-])cc2)n2nc(CCCO)nc2N1. The number of hydrogen-bond acceptors (Lipinski definition) is 7. The zero-order valence-corrected chi connectivity index (χ0v) is 14.0. The smallest absolute Gasteiger partial charge is 0.269 e. The number of aromatic nitrogens is 3. The molecule has 0 radical (unpaired) electrons. The van der Waals surface area contributed by atoms with Gasteiger partial charge in [-0.3, -0.25) is 14.9 Å². The number of carbonyl (C=O) groups is 1. The van der Waals surface area contributed by atoms with Crippen molar-refractivity contribution in [2.75, 3.05) is 11.9 Å². The molecule has 10 nitrogen and oxygen atoms in total. The lowest BCUT2D eigenvalue weighted by molar-refractivity contribution is -0.384. The number of nitro benzene ring substituents is 1. The van der Waals surface area contributed by atoms with E-state index in [1.165, 1.54) is 12.1 Å². The summed E-state index contributed by atoms with van der Waals surface area (Å²) >= 11 is 0. The molecule has 0 unspecified atom stereocenters. The standard InChI is InChI=1S/C16H18N6O4/c1-9-13(15(17)24)14(10-4-6-11(7-5-10)22(25)26)21-16(18-9)19-12(20-21)3-2-8-23/h4-7,14,23H,2-3,8H2,1H3,(H2,17,24)(H,18,19,20)/t14-/m1/s1. The van der Waals surface area contributed by atoms with Crippen molar-refractivity contribution in [1.82, 2.24) is 14.8 Å². The molecule has 1 atom stereocenters. The van der Waals surface area contributed by atoms with Gasteiger partial charge in [0.15, 0.2) is 5.82 Å². The van der Waals surface area contributed by atoms with Crippen LogP contribution in [-0.4, -0.2) is 37.3 Å². The molecule has 136 valence electrons. The molecule has 10 heteroatoms. The van der Waals surface area contributed by atoms with Crippen molar-refractivity contribution < 1.29 is 14.8 Å². The Morgan fingerprint density at radius 2 is 2.12 bits per heavy atom. The van der Waals surface area contributed by atoms with Gasteiger partial charge in [-0.1, -0.05) is 0 Å². The number of carbonyl (C=O) groups excluding carboxylic acids is 1. The Morgan fingerprint density at radius 1 is 1.42 bits per heavy atom. The van der Waals surface area contributed by atoms with Crippen LogP contribution in [0.5, 0.6) is 0 Å². The molecular formula is C16H18N6O4. The summed E-state index contributed by atoms with van der Waals surface area (Å²) in [6.07, 6.45) is 0.997. The number of primary amides is 1. The normalized spacial score (nSPS) is 16.2. The number of nitrogens with zero attached hydrogens (tertiary/aromatic N) is 4. The molecule has 1 aromatic carbocycles.